The topological polar surface area (TPSA) is 41.0 Å². The average Bonchev–Trinajstić information content (AvgIpc) is 2.86. The van der Waals surface area contributed by atoms with Gasteiger partial charge < -0.3 is 10.2 Å². The minimum absolute atomic E-state index is 0.424. The molecule has 0 aliphatic carbocycles. The normalized spacial score (nSPS) is 20.5. The van der Waals surface area contributed by atoms with Gasteiger partial charge in [-0.2, -0.15) is 4.37 Å². The first kappa shape index (κ1) is 14.7. The van der Waals surface area contributed by atoms with Crippen molar-refractivity contribution < 1.29 is 0 Å². The summed E-state index contributed by atoms with van der Waals surface area (Å²) >= 11 is 1.56. The van der Waals surface area contributed by atoms with Gasteiger partial charge in [0.25, 0.3) is 0 Å². The van der Waals surface area contributed by atoms with Crippen molar-refractivity contribution in [2.75, 3.05) is 24.5 Å². The van der Waals surface area contributed by atoms with Crippen LogP contribution < -0.4 is 10.2 Å². The Kier molecular flexibility index (Phi) is 5.16. The standard InChI is InChI=1S/C14H26N4S/c1-10(2)13-16-14(19-17-13)18-7-5-6-12(9-18)8-15-11(3)4/h10-12,15H,5-9H2,1-4H3. The van der Waals surface area contributed by atoms with Crippen molar-refractivity contribution in [3.05, 3.63) is 5.82 Å². The molecule has 1 fully saturated rings. The van der Waals surface area contributed by atoms with Gasteiger partial charge in [-0.05, 0) is 25.3 Å². The minimum Gasteiger partial charge on any atom is -0.347 e. The van der Waals surface area contributed by atoms with Crippen molar-refractivity contribution in [1.82, 2.24) is 14.7 Å². The number of aromatic nitrogens is 2. The lowest BCUT2D eigenvalue weighted by Gasteiger charge is -2.32. The fourth-order valence-electron chi connectivity index (χ4n) is 2.40. The van der Waals surface area contributed by atoms with Crippen LogP contribution in [0, 0.1) is 5.92 Å². The first-order chi connectivity index (χ1) is 9.06. The summed E-state index contributed by atoms with van der Waals surface area (Å²) in [6.45, 7) is 12.1. The Balaban J connectivity index is 1.92. The molecule has 1 aliphatic heterocycles. The highest BCUT2D eigenvalue weighted by Gasteiger charge is 2.22. The van der Waals surface area contributed by atoms with E-state index in [1.807, 2.05) is 0 Å². The zero-order chi connectivity index (χ0) is 13.8. The van der Waals surface area contributed by atoms with Crippen LogP contribution in [0.3, 0.4) is 0 Å². The van der Waals surface area contributed by atoms with Gasteiger partial charge in [0.1, 0.15) is 5.82 Å². The molecule has 2 rings (SSSR count). The molecule has 0 amide bonds. The lowest BCUT2D eigenvalue weighted by molar-refractivity contribution is 0.379. The molecule has 0 spiro atoms. The van der Waals surface area contributed by atoms with Gasteiger partial charge in [0.05, 0.1) is 0 Å². The fourth-order valence-corrected chi connectivity index (χ4v) is 3.24. The third-order valence-corrected chi connectivity index (χ3v) is 4.34. The second-order valence-corrected chi connectivity index (χ2v) is 6.84. The number of rotatable bonds is 5. The third kappa shape index (κ3) is 4.14. The number of piperidine rings is 1. The summed E-state index contributed by atoms with van der Waals surface area (Å²) in [6.07, 6.45) is 2.59. The maximum Gasteiger partial charge on any atom is 0.205 e. The highest BCUT2D eigenvalue weighted by Crippen LogP contribution is 2.26. The van der Waals surface area contributed by atoms with E-state index < -0.39 is 0 Å². The number of hydrogen-bond donors (Lipinski definition) is 1. The molecular weight excluding hydrogens is 256 g/mol. The Hall–Kier alpha value is -0.680. The number of anilines is 1. The van der Waals surface area contributed by atoms with E-state index in [1.54, 1.807) is 11.5 Å². The summed E-state index contributed by atoms with van der Waals surface area (Å²) in [5.74, 6) is 2.15. The van der Waals surface area contributed by atoms with Crippen molar-refractivity contribution in [2.24, 2.45) is 5.92 Å². The molecule has 19 heavy (non-hydrogen) atoms. The van der Waals surface area contributed by atoms with E-state index in [0.717, 1.165) is 36.5 Å². The van der Waals surface area contributed by atoms with Crippen molar-refractivity contribution in [1.29, 1.82) is 0 Å². The maximum atomic E-state index is 4.68. The van der Waals surface area contributed by atoms with Crippen LogP contribution in [-0.2, 0) is 0 Å². The second kappa shape index (κ2) is 6.66. The van der Waals surface area contributed by atoms with E-state index in [4.69, 9.17) is 0 Å². The molecule has 4 nitrogen and oxygen atoms in total. The van der Waals surface area contributed by atoms with Crippen LogP contribution in [0.2, 0.25) is 0 Å². The molecule has 1 unspecified atom stereocenters. The lowest BCUT2D eigenvalue weighted by Crippen LogP contribution is -2.41. The molecule has 1 aromatic rings. The fraction of sp³-hybridized carbons (Fsp3) is 0.857. The van der Waals surface area contributed by atoms with Gasteiger partial charge in [0, 0.05) is 36.6 Å². The van der Waals surface area contributed by atoms with Crippen molar-refractivity contribution in [3.8, 4) is 0 Å². The Morgan fingerprint density at radius 2 is 2.16 bits per heavy atom. The van der Waals surface area contributed by atoms with E-state index in [0.29, 0.717) is 12.0 Å². The minimum atomic E-state index is 0.424. The quantitative estimate of drug-likeness (QED) is 0.901. The van der Waals surface area contributed by atoms with Gasteiger partial charge >= 0.3 is 0 Å². The van der Waals surface area contributed by atoms with Crippen molar-refractivity contribution in [3.63, 3.8) is 0 Å². The second-order valence-electron chi connectivity index (χ2n) is 6.11. The van der Waals surface area contributed by atoms with Gasteiger partial charge in [-0.1, -0.05) is 27.7 Å². The molecule has 0 radical (unpaired) electrons. The zero-order valence-corrected chi connectivity index (χ0v) is 13.3. The van der Waals surface area contributed by atoms with Crippen LogP contribution in [0.25, 0.3) is 0 Å². The SMILES string of the molecule is CC(C)NCC1CCCN(c2nc(C(C)C)ns2)C1. The predicted octanol–water partition coefficient (Wildman–Crippen LogP) is 2.88. The summed E-state index contributed by atoms with van der Waals surface area (Å²) in [5.41, 5.74) is 0. The molecule has 0 saturated carbocycles. The summed E-state index contributed by atoms with van der Waals surface area (Å²) < 4.78 is 4.46. The molecule has 5 heteroatoms. The van der Waals surface area contributed by atoms with E-state index in [-0.39, 0.29) is 0 Å². The van der Waals surface area contributed by atoms with Gasteiger partial charge in [-0.15, -0.1) is 0 Å². The van der Waals surface area contributed by atoms with E-state index in [1.165, 1.54) is 12.8 Å². The Morgan fingerprint density at radius 3 is 2.79 bits per heavy atom. The Bertz CT molecular complexity index is 389. The molecule has 0 aromatic carbocycles. The molecule has 2 heterocycles. The highest BCUT2D eigenvalue weighted by molar-refractivity contribution is 7.09. The molecule has 1 atom stereocenters. The lowest BCUT2D eigenvalue weighted by atomic mass is 9.98. The number of nitrogens with zero attached hydrogens (tertiary/aromatic N) is 3. The summed E-state index contributed by atoms with van der Waals surface area (Å²) in [4.78, 5) is 7.09. The summed E-state index contributed by atoms with van der Waals surface area (Å²) in [5, 5.41) is 4.66. The van der Waals surface area contributed by atoms with Gasteiger partial charge in [0.15, 0.2) is 0 Å². The van der Waals surface area contributed by atoms with Crippen LogP contribution in [0.15, 0.2) is 0 Å². The molecule has 108 valence electrons. The monoisotopic (exact) mass is 282 g/mol. The van der Waals surface area contributed by atoms with Crippen LogP contribution in [0.5, 0.6) is 0 Å². The van der Waals surface area contributed by atoms with E-state index >= 15 is 0 Å². The predicted molar refractivity (Wildman–Crippen MR) is 82.1 cm³/mol. The molecule has 1 saturated heterocycles. The van der Waals surface area contributed by atoms with Crippen LogP contribution >= 0.6 is 11.5 Å². The molecule has 0 bridgehead atoms. The Morgan fingerprint density at radius 1 is 1.37 bits per heavy atom. The van der Waals surface area contributed by atoms with Crippen LogP contribution in [0.1, 0.15) is 52.3 Å². The Labute approximate surface area is 120 Å². The largest absolute Gasteiger partial charge is 0.347 e. The van der Waals surface area contributed by atoms with Crippen molar-refractivity contribution >= 4 is 16.7 Å². The highest BCUT2D eigenvalue weighted by atomic mass is 32.1. The van der Waals surface area contributed by atoms with Crippen LogP contribution in [-0.4, -0.2) is 35.0 Å². The smallest absolute Gasteiger partial charge is 0.205 e. The average molecular weight is 282 g/mol. The molecule has 1 N–H and O–H groups in total. The number of nitrogens with one attached hydrogen (secondary N) is 1. The number of hydrogen-bond acceptors (Lipinski definition) is 5. The first-order valence-electron chi connectivity index (χ1n) is 7.38. The summed E-state index contributed by atoms with van der Waals surface area (Å²) in [7, 11) is 0. The van der Waals surface area contributed by atoms with E-state index in [2.05, 4.69) is 47.3 Å². The molecular formula is C14H26N4S. The maximum absolute atomic E-state index is 4.68. The van der Waals surface area contributed by atoms with Gasteiger partial charge in [-0.25, -0.2) is 4.98 Å². The van der Waals surface area contributed by atoms with Gasteiger partial charge in [0.2, 0.25) is 5.13 Å². The zero-order valence-electron chi connectivity index (χ0n) is 12.5. The van der Waals surface area contributed by atoms with Gasteiger partial charge in [-0.3, -0.25) is 0 Å². The van der Waals surface area contributed by atoms with Crippen molar-refractivity contribution in [2.45, 2.75) is 52.5 Å². The molecule has 1 aliphatic rings. The molecule has 1 aromatic heterocycles. The van der Waals surface area contributed by atoms with E-state index in [9.17, 15) is 0 Å². The first-order valence-corrected chi connectivity index (χ1v) is 8.15. The summed E-state index contributed by atoms with van der Waals surface area (Å²) in [6, 6.07) is 0.574. The van der Waals surface area contributed by atoms with Crippen LogP contribution in [0.4, 0.5) is 5.13 Å². The third-order valence-electron chi connectivity index (χ3n) is 3.55.